The third-order valence-corrected chi connectivity index (χ3v) is 4.42. The molecule has 0 atom stereocenters. The molecule has 0 aliphatic rings. The highest BCUT2D eigenvalue weighted by molar-refractivity contribution is 5.94. The molecule has 8 heteroatoms. The second-order valence-electron chi connectivity index (χ2n) is 6.41. The lowest BCUT2D eigenvalue weighted by molar-refractivity contribution is -0.138. The summed E-state index contributed by atoms with van der Waals surface area (Å²) >= 11 is 0. The lowest BCUT2D eigenvalue weighted by Gasteiger charge is -2.19. The number of aromatic nitrogens is 2. The Labute approximate surface area is 158 Å². The van der Waals surface area contributed by atoms with Crippen LogP contribution in [0.15, 0.2) is 18.3 Å². The van der Waals surface area contributed by atoms with E-state index in [0.29, 0.717) is 30.9 Å². The van der Waals surface area contributed by atoms with Crippen LogP contribution in [0.5, 0.6) is 0 Å². The van der Waals surface area contributed by atoms with Crippen LogP contribution in [-0.2, 0) is 9.59 Å². The topological polar surface area (TPSA) is 104 Å². The van der Waals surface area contributed by atoms with Crippen molar-refractivity contribution in [1.82, 2.24) is 19.6 Å². The van der Waals surface area contributed by atoms with E-state index in [4.69, 9.17) is 5.11 Å². The Balaban J connectivity index is 1.88. The van der Waals surface area contributed by atoms with Crippen LogP contribution < -0.4 is 5.32 Å². The molecule has 0 aliphatic heterocycles. The van der Waals surface area contributed by atoms with Gasteiger partial charge in [0.05, 0.1) is 12.1 Å². The Morgan fingerprint density at radius 3 is 2.67 bits per heavy atom. The molecular formula is C19H26N4O4. The number of fused-ring (bicyclic) bond motifs is 1. The van der Waals surface area contributed by atoms with Crippen molar-refractivity contribution in [2.45, 2.75) is 40.0 Å². The number of carbonyl (C=O) groups excluding carboxylic acids is 2. The van der Waals surface area contributed by atoms with E-state index in [1.165, 1.54) is 4.90 Å². The zero-order valence-corrected chi connectivity index (χ0v) is 16.0. The number of nitrogens with one attached hydrogen (secondary N) is 1. The molecule has 0 unspecified atom stereocenters. The third-order valence-electron chi connectivity index (χ3n) is 4.42. The summed E-state index contributed by atoms with van der Waals surface area (Å²) in [6, 6.07) is 3.81. The number of nitrogens with zero attached hydrogens (tertiary/aromatic N) is 3. The lowest BCUT2D eigenvalue weighted by Crippen LogP contribution is -2.33. The van der Waals surface area contributed by atoms with Crippen molar-refractivity contribution in [3.05, 3.63) is 35.3 Å². The van der Waals surface area contributed by atoms with Gasteiger partial charge in [-0.2, -0.15) is 0 Å². The van der Waals surface area contributed by atoms with Crippen LogP contribution in [0.1, 0.15) is 47.9 Å². The van der Waals surface area contributed by atoms with E-state index in [-0.39, 0.29) is 31.2 Å². The molecule has 0 radical (unpaired) electrons. The van der Waals surface area contributed by atoms with E-state index >= 15 is 0 Å². The van der Waals surface area contributed by atoms with Gasteiger partial charge >= 0.3 is 5.97 Å². The first-order valence-corrected chi connectivity index (χ1v) is 9.07. The standard InChI is InChI=1S/C19H26N4O4/c1-4-22(12-9-16(25)26)15(24)8-5-10-20-19(27)17-14(3)21-18-13(2)7-6-11-23(17)18/h6-7,11H,4-5,8-10,12H2,1-3H3,(H,20,27)(H,25,26). The second-order valence-corrected chi connectivity index (χ2v) is 6.41. The predicted molar refractivity (Wildman–Crippen MR) is 101 cm³/mol. The first-order valence-electron chi connectivity index (χ1n) is 9.07. The Bertz CT molecular complexity index is 844. The van der Waals surface area contributed by atoms with E-state index in [1.54, 1.807) is 11.3 Å². The first kappa shape index (κ1) is 20.4. The van der Waals surface area contributed by atoms with Crippen molar-refractivity contribution in [1.29, 1.82) is 0 Å². The zero-order chi connectivity index (χ0) is 20.0. The normalized spacial score (nSPS) is 10.8. The minimum absolute atomic E-state index is 0.0662. The molecular weight excluding hydrogens is 348 g/mol. The number of carbonyl (C=O) groups is 3. The zero-order valence-electron chi connectivity index (χ0n) is 16.0. The van der Waals surface area contributed by atoms with Crippen LogP contribution in [0.4, 0.5) is 0 Å². The lowest BCUT2D eigenvalue weighted by atomic mass is 10.2. The van der Waals surface area contributed by atoms with Crippen LogP contribution in [-0.4, -0.2) is 56.8 Å². The molecule has 0 saturated heterocycles. The fraction of sp³-hybridized carbons (Fsp3) is 0.474. The molecule has 2 amide bonds. The molecule has 2 N–H and O–H groups in total. The number of pyridine rings is 1. The quantitative estimate of drug-likeness (QED) is 0.651. The van der Waals surface area contributed by atoms with Gasteiger partial charge in [0.15, 0.2) is 0 Å². The van der Waals surface area contributed by atoms with Gasteiger partial charge in [-0.25, -0.2) is 4.98 Å². The van der Waals surface area contributed by atoms with E-state index in [9.17, 15) is 14.4 Å². The number of amides is 2. The smallest absolute Gasteiger partial charge is 0.305 e. The van der Waals surface area contributed by atoms with Gasteiger partial charge in [-0.1, -0.05) is 6.07 Å². The summed E-state index contributed by atoms with van der Waals surface area (Å²) in [7, 11) is 0. The summed E-state index contributed by atoms with van der Waals surface area (Å²) in [5.41, 5.74) is 2.90. The Kier molecular flexibility index (Phi) is 6.92. The molecule has 27 heavy (non-hydrogen) atoms. The summed E-state index contributed by atoms with van der Waals surface area (Å²) in [6.45, 7) is 6.60. The second kappa shape index (κ2) is 9.16. The Morgan fingerprint density at radius 1 is 1.26 bits per heavy atom. The largest absolute Gasteiger partial charge is 0.481 e. The van der Waals surface area contributed by atoms with Crippen molar-refractivity contribution < 1.29 is 19.5 Å². The predicted octanol–water partition coefficient (Wildman–Crippen LogP) is 1.78. The number of carboxylic acid groups (broad SMARTS) is 1. The molecule has 2 aromatic rings. The number of aryl methyl sites for hydroxylation is 2. The summed E-state index contributed by atoms with van der Waals surface area (Å²) in [6.07, 6.45) is 2.49. The number of aliphatic carboxylic acids is 1. The maximum atomic E-state index is 12.5. The highest BCUT2D eigenvalue weighted by Crippen LogP contribution is 2.15. The van der Waals surface area contributed by atoms with Gasteiger partial charge in [0.1, 0.15) is 11.3 Å². The van der Waals surface area contributed by atoms with Crippen molar-refractivity contribution in [3.63, 3.8) is 0 Å². The van der Waals surface area contributed by atoms with Crippen LogP contribution in [0, 0.1) is 13.8 Å². The maximum absolute atomic E-state index is 12.5. The number of carboxylic acids is 1. The monoisotopic (exact) mass is 374 g/mol. The fourth-order valence-corrected chi connectivity index (χ4v) is 2.96. The summed E-state index contributed by atoms with van der Waals surface area (Å²) in [5, 5.41) is 11.6. The fourth-order valence-electron chi connectivity index (χ4n) is 2.96. The Hall–Kier alpha value is -2.90. The molecule has 8 nitrogen and oxygen atoms in total. The van der Waals surface area contributed by atoms with Gasteiger partial charge in [0.2, 0.25) is 5.91 Å². The average Bonchev–Trinajstić information content (AvgIpc) is 2.96. The number of imidazole rings is 1. The molecule has 0 fully saturated rings. The molecule has 0 saturated carbocycles. The first-order chi connectivity index (χ1) is 12.8. The van der Waals surface area contributed by atoms with E-state index in [2.05, 4.69) is 10.3 Å². The third kappa shape index (κ3) is 5.06. The molecule has 146 valence electrons. The molecule has 0 aromatic carbocycles. The maximum Gasteiger partial charge on any atom is 0.305 e. The molecule has 2 rings (SSSR count). The number of rotatable bonds is 9. The van der Waals surface area contributed by atoms with Crippen LogP contribution in [0.25, 0.3) is 5.65 Å². The highest BCUT2D eigenvalue weighted by Gasteiger charge is 2.17. The Morgan fingerprint density at radius 2 is 2.00 bits per heavy atom. The summed E-state index contributed by atoms with van der Waals surface area (Å²) in [4.78, 5) is 41.3. The number of hydrogen-bond donors (Lipinski definition) is 2. The molecule has 0 bridgehead atoms. The minimum Gasteiger partial charge on any atom is -0.481 e. The van der Waals surface area contributed by atoms with Crippen molar-refractivity contribution >= 4 is 23.4 Å². The van der Waals surface area contributed by atoms with Crippen molar-refractivity contribution in [3.8, 4) is 0 Å². The van der Waals surface area contributed by atoms with Crippen molar-refractivity contribution in [2.75, 3.05) is 19.6 Å². The SMILES string of the molecule is CCN(CCC(=O)O)C(=O)CCCNC(=O)c1c(C)nc2c(C)cccn12. The van der Waals surface area contributed by atoms with Gasteiger partial charge in [-0.3, -0.25) is 18.8 Å². The van der Waals surface area contributed by atoms with E-state index in [0.717, 1.165) is 11.2 Å². The van der Waals surface area contributed by atoms with Gasteiger partial charge in [-0.15, -0.1) is 0 Å². The van der Waals surface area contributed by atoms with Gasteiger partial charge in [0.25, 0.3) is 5.91 Å². The highest BCUT2D eigenvalue weighted by atomic mass is 16.4. The van der Waals surface area contributed by atoms with Gasteiger partial charge in [0, 0.05) is 32.3 Å². The summed E-state index contributed by atoms with van der Waals surface area (Å²) in [5.74, 6) is -1.25. The molecule has 2 aromatic heterocycles. The van der Waals surface area contributed by atoms with Crippen LogP contribution in [0.3, 0.4) is 0 Å². The van der Waals surface area contributed by atoms with Crippen LogP contribution in [0.2, 0.25) is 0 Å². The molecule has 2 heterocycles. The molecule has 0 spiro atoms. The van der Waals surface area contributed by atoms with E-state index in [1.807, 2.05) is 32.2 Å². The average molecular weight is 374 g/mol. The number of hydrogen-bond acceptors (Lipinski definition) is 4. The van der Waals surface area contributed by atoms with Crippen molar-refractivity contribution in [2.24, 2.45) is 0 Å². The van der Waals surface area contributed by atoms with Crippen LogP contribution >= 0.6 is 0 Å². The van der Waals surface area contributed by atoms with Gasteiger partial charge < -0.3 is 15.3 Å². The minimum atomic E-state index is -0.924. The van der Waals surface area contributed by atoms with E-state index < -0.39 is 5.97 Å². The molecule has 0 aliphatic carbocycles. The van der Waals surface area contributed by atoms with Gasteiger partial charge in [-0.05, 0) is 38.8 Å². The summed E-state index contributed by atoms with van der Waals surface area (Å²) < 4.78 is 1.77.